The van der Waals surface area contributed by atoms with Crippen molar-refractivity contribution >= 4 is 11.6 Å². The Labute approximate surface area is 117 Å². The predicted octanol–water partition coefficient (Wildman–Crippen LogP) is 1.22. The molecule has 3 N–H and O–H groups in total. The van der Waals surface area contributed by atoms with Gasteiger partial charge in [-0.3, -0.25) is 14.9 Å². The lowest BCUT2D eigenvalue weighted by atomic mass is 9.95. The summed E-state index contributed by atoms with van der Waals surface area (Å²) in [5.74, 6) is 0.149. The van der Waals surface area contributed by atoms with Gasteiger partial charge in [0, 0.05) is 12.1 Å². The van der Waals surface area contributed by atoms with E-state index in [9.17, 15) is 14.9 Å². The fourth-order valence-corrected chi connectivity index (χ4v) is 1.65. The Morgan fingerprint density at radius 1 is 1.45 bits per heavy atom. The second kappa shape index (κ2) is 6.85. The van der Waals surface area contributed by atoms with Gasteiger partial charge in [0.25, 0.3) is 5.69 Å². The van der Waals surface area contributed by atoms with Crippen molar-refractivity contribution in [3.63, 3.8) is 0 Å². The van der Waals surface area contributed by atoms with Gasteiger partial charge in [-0.15, -0.1) is 0 Å². The van der Waals surface area contributed by atoms with E-state index < -0.39 is 16.4 Å². The molecule has 0 saturated heterocycles. The second-order valence-corrected chi connectivity index (χ2v) is 4.65. The largest absolute Gasteiger partial charge is 0.494 e. The summed E-state index contributed by atoms with van der Waals surface area (Å²) in [7, 11) is 1.68. The number of ether oxygens (including phenoxy) is 1. The van der Waals surface area contributed by atoms with Gasteiger partial charge < -0.3 is 15.8 Å². The normalized spacial score (nSPS) is 13.5. The molecule has 1 amide bonds. The number of rotatable bonds is 8. The van der Waals surface area contributed by atoms with Crippen LogP contribution in [-0.2, 0) is 4.79 Å². The van der Waals surface area contributed by atoms with Crippen LogP contribution in [0.15, 0.2) is 24.3 Å². The molecular weight excluding hydrogens is 262 g/mol. The van der Waals surface area contributed by atoms with Crippen molar-refractivity contribution in [1.82, 2.24) is 5.32 Å². The van der Waals surface area contributed by atoms with Gasteiger partial charge in [0.1, 0.15) is 5.75 Å². The van der Waals surface area contributed by atoms with Gasteiger partial charge in [-0.05, 0) is 38.9 Å². The Balaban J connectivity index is 2.41. The number of nitrogens with one attached hydrogen (secondary N) is 1. The molecule has 0 fully saturated rings. The lowest BCUT2D eigenvalue weighted by Gasteiger charge is -2.25. The van der Waals surface area contributed by atoms with E-state index in [0.717, 1.165) is 0 Å². The first-order chi connectivity index (χ1) is 9.39. The van der Waals surface area contributed by atoms with E-state index in [0.29, 0.717) is 25.2 Å². The number of hydrogen-bond donors (Lipinski definition) is 2. The third kappa shape index (κ3) is 4.20. The van der Waals surface area contributed by atoms with Crippen LogP contribution < -0.4 is 15.8 Å². The summed E-state index contributed by atoms with van der Waals surface area (Å²) in [4.78, 5) is 21.3. The molecule has 0 heterocycles. The van der Waals surface area contributed by atoms with Gasteiger partial charge in [0.05, 0.1) is 17.1 Å². The van der Waals surface area contributed by atoms with Crippen LogP contribution in [0.25, 0.3) is 0 Å². The smallest absolute Gasteiger partial charge is 0.269 e. The molecule has 1 unspecified atom stereocenters. The van der Waals surface area contributed by atoms with Gasteiger partial charge >= 0.3 is 0 Å². The molecule has 0 aliphatic heterocycles. The van der Waals surface area contributed by atoms with E-state index in [1.54, 1.807) is 26.1 Å². The standard InChI is InChI=1S/C13H19N3O4/c1-13(15-2,12(14)17)8-3-9-20-11-6-4-10(5-7-11)16(18)19/h4-7,15H,3,8-9H2,1-2H3,(H2,14,17). The zero-order valence-electron chi connectivity index (χ0n) is 11.6. The molecule has 20 heavy (non-hydrogen) atoms. The maximum atomic E-state index is 11.3. The number of nitro groups is 1. The highest BCUT2D eigenvalue weighted by molar-refractivity contribution is 5.84. The summed E-state index contributed by atoms with van der Waals surface area (Å²) in [6.07, 6.45) is 1.18. The van der Waals surface area contributed by atoms with Gasteiger partial charge in [-0.2, -0.15) is 0 Å². The molecule has 0 spiro atoms. The number of carbonyl (C=O) groups is 1. The molecule has 0 radical (unpaired) electrons. The molecule has 0 bridgehead atoms. The van der Waals surface area contributed by atoms with Crippen molar-refractivity contribution in [3.05, 3.63) is 34.4 Å². The SMILES string of the molecule is CNC(C)(CCCOc1ccc([N+](=O)[O-])cc1)C(N)=O. The third-order valence-electron chi connectivity index (χ3n) is 3.23. The highest BCUT2D eigenvalue weighted by atomic mass is 16.6. The van der Waals surface area contributed by atoms with Crippen LogP contribution >= 0.6 is 0 Å². The van der Waals surface area contributed by atoms with E-state index in [1.165, 1.54) is 12.1 Å². The fourth-order valence-electron chi connectivity index (χ4n) is 1.65. The second-order valence-electron chi connectivity index (χ2n) is 4.65. The molecule has 0 saturated carbocycles. The molecule has 0 aliphatic carbocycles. The number of carbonyl (C=O) groups excluding carboxylic acids is 1. The van der Waals surface area contributed by atoms with Gasteiger partial charge in [0.15, 0.2) is 0 Å². The van der Waals surface area contributed by atoms with Gasteiger partial charge in [-0.25, -0.2) is 0 Å². The molecule has 1 rings (SSSR count). The topological polar surface area (TPSA) is 107 Å². The summed E-state index contributed by atoms with van der Waals surface area (Å²) < 4.78 is 5.46. The Hall–Kier alpha value is -2.15. The van der Waals surface area contributed by atoms with Crippen molar-refractivity contribution in [2.45, 2.75) is 25.3 Å². The molecular formula is C13H19N3O4. The summed E-state index contributed by atoms with van der Waals surface area (Å²) in [6.45, 7) is 2.14. The molecule has 0 aromatic heterocycles. The molecule has 1 atom stereocenters. The Morgan fingerprint density at radius 2 is 2.05 bits per heavy atom. The minimum absolute atomic E-state index is 0.0221. The quantitative estimate of drug-likeness (QED) is 0.423. The zero-order valence-corrected chi connectivity index (χ0v) is 11.6. The monoisotopic (exact) mass is 281 g/mol. The van der Waals surface area contributed by atoms with Gasteiger partial charge in [-0.1, -0.05) is 0 Å². The van der Waals surface area contributed by atoms with Gasteiger partial charge in [0.2, 0.25) is 5.91 Å². The van der Waals surface area contributed by atoms with Crippen molar-refractivity contribution in [3.8, 4) is 5.75 Å². The molecule has 1 aromatic rings. The Morgan fingerprint density at radius 3 is 2.50 bits per heavy atom. The molecule has 110 valence electrons. The van der Waals surface area contributed by atoms with Crippen LogP contribution in [0.1, 0.15) is 19.8 Å². The number of non-ortho nitro benzene ring substituents is 1. The molecule has 1 aromatic carbocycles. The minimum Gasteiger partial charge on any atom is -0.494 e. The number of nitro benzene ring substituents is 1. The van der Waals surface area contributed by atoms with E-state index in [1.807, 2.05) is 0 Å². The van der Waals surface area contributed by atoms with Crippen LogP contribution in [0.2, 0.25) is 0 Å². The minimum atomic E-state index is -0.751. The number of nitrogens with zero attached hydrogens (tertiary/aromatic N) is 1. The highest BCUT2D eigenvalue weighted by Gasteiger charge is 2.28. The first-order valence-electron chi connectivity index (χ1n) is 6.25. The van der Waals surface area contributed by atoms with Crippen LogP contribution in [0, 0.1) is 10.1 Å². The van der Waals surface area contributed by atoms with Crippen molar-refractivity contribution in [2.75, 3.05) is 13.7 Å². The third-order valence-corrected chi connectivity index (χ3v) is 3.23. The predicted molar refractivity (Wildman–Crippen MR) is 74.5 cm³/mol. The number of primary amides is 1. The molecule has 7 nitrogen and oxygen atoms in total. The fraction of sp³-hybridized carbons (Fsp3) is 0.462. The highest BCUT2D eigenvalue weighted by Crippen LogP contribution is 2.18. The number of hydrogen-bond acceptors (Lipinski definition) is 5. The van der Waals surface area contributed by atoms with Crippen LogP contribution in [0.5, 0.6) is 5.75 Å². The van der Waals surface area contributed by atoms with E-state index in [2.05, 4.69) is 5.32 Å². The average molecular weight is 281 g/mol. The van der Waals surface area contributed by atoms with Crippen molar-refractivity contribution < 1.29 is 14.5 Å². The lowest BCUT2D eigenvalue weighted by molar-refractivity contribution is -0.384. The van der Waals surface area contributed by atoms with Crippen LogP contribution in [0.4, 0.5) is 5.69 Å². The summed E-state index contributed by atoms with van der Waals surface area (Å²) in [6, 6.07) is 5.86. The van der Waals surface area contributed by atoms with Crippen LogP contribution in [-0.4, -0.2) is 30.0 Å². The number of amides is 1. The average Bonchev–Trinajstić information content (AvgIpc) is 2.43. The maximum Gasteiger partial charge on any atom is 0.269 e. The number of likely N-dealkylation sites (N-methyl/N-ethyl adjacent to an activating group) is 1. The maximum absolute atomic E-state index is 11.3. The van der Waals surface area contributed by atoms with Crippen molar-refractivity contribution in [1.29, 1.82) is 0 Å². The molecule has 0 aliphatic rings. The zero-order chi connectivity index (χ0) is 15.2. The Bertz CT molecular complexity index is 475. The first-order valence-corrected chi connectivity index (χ1v) is 6.25. The lowest BCUT2D eigenvalue weighted by Crippen LogP contribution is -2.51. The van der Waals surface area contributed by atoms with Crippen LogP contribution in [0.3, 0.4) is 0 Å². The van der Waals surface area contributed by atoms with E-state index >= 15 is 0 Å². The van der Waals surface area contributed by atoms with E-state index in [4.69, 9.17) is 10.5 Å². The number of nitrogens with two attached hydrogens (primary N) is 1. The number of benzene rings is 1. The first kappa shape index (κ1) is 15.9. The Kier molecular flexibility index (Phi) is 5.45. The van der Waals surface area contributed by atoms with Crippen molar-refractivity contribution in [2.24, 2.45) is 5.73 Å². The van der Waals surface area contributed by atoms with E-state index in [-0.39, 0.29) is 5.69 Å². The summed E-state index contributed by atoms with van der Waals surface area (Å²) in [5.41, 5.74) is 4.58. The molecule has 7 heteroatoms. The summed E-state index contributed by atoms with van der Waals surface area (Å²) >= 11 is 0. The summed E-state index contributed by atoms with van der Waals surface area (Å²) in [5, 5.41) is 13.4.